The Balaban J connectivity index is 1.60. The van der Waals surface area contributed by atoms with E-state index in [0.717, 1.165) is 35.3 Å². The molecule has 0 saturated carbocycles. The van der Waals surface area contributed by atoms with Gasteiger partial charge in [-0.05, 0) is 69.0 Å². The van der Waals surface area contributed by atoms with Crippen LogP contribution in [0, 0.1) is 13.8 Å². The van der Waals surface area contributed by atoms with Crippen LogP contribution >= 0.6 is 0 Å². The molecule has 0 spiro atoms. The Morgan fingerprint density at radius 1 is 1.17 bits per heavy atom. The molecule has 1 atom stereocenters. The van der Waals surface area contributed by atoms with Gasteiger partial charge in [0.15, 0.2) is 6.10 Å². The molecule has 2 aromatic rings. The molecule has 0 aromatic heterocycles. The predicted octanol–water partition coefficient (Wildman–Crippen LogP) is 3.74. The summed E-state index contributed by atoms with van der Waals surface area (Å²) in [7, 11) is 0. The maximum atomic E-state index is 12.4. The highest BCUT2D eigenvalue weighted by Gasteiger charge is 2.21. The maximum absolute atomic E-state index is 12.4. The SMILES string of the molecule is C/C(=N/NC(=O)[C@@H](C)Oc1cccc(C)c1C)c1ccc(N2CCCC2=O)cc1. The quantitative estimate of drug-likeness (QED) is 0.600. The van der Waals surface area contributed by atoms with E-state index in [1.807, 2.05) is 63.2 Å². The van der Waals surface area contributed by atoms with Crippen LogP contribution in [0.2, 0.25) is 0 Å². The molecular formula is C23H27N3O3. The third kappa shape index (κ3) is 4.83. The van der Waals surface area contributed by atoms with Crippen LogP contribution in [0.4, 0.5) is 5.69 Å². The Morgan fingerprint density at radius 3 is 2.55 bits per heavy atom. The van der Waals surface area contributed by atoms with Gasteiger partial charge in [0.05, 0.1) is 5.71 Å². The van der Waals surface area contributed by atoms with Gasteiger partial charge < -0.3 is 9.64 Å². The molecule has 1 N–H and O–H groups in total. The van der Waals surface area contributed by atoms with Crippen LogP contribution in [-0.2, 0) is 9.59 Å². The number of rotatable bonds is 6. The number of benzene rings is 2. The monoisotopic (exact) mass is 393 g/mol. The van der Waals surface area contributed by atoms with Gasteiger partial charge in [0.25, 0.3) is 5.91 Å². The lowest BCUT2D eigenvalue weighted by molar-refractivity contribution is -0.127. The van der Waals surface area contributed by atoms with Gasteiger partial charge in [-0.1, -0.05) is 24.3 Å². The second kappa shape index (κ2) is 8.90. The van der Waals surface area contributed by atoms with E-state index in [4.69, 9.17) is 4.74 Å². The van der Waals surface area contributed by atoms with Crippen LogP contribution in [0.25, 0.3) is 0 Å². The first-order valence-corrected chi connectivity index (χ1v) is 9.84. The molecule has 0 aliphatic carbocycles. The third-order valence-electron chi connectivity index (χ3n) is 5.23. The highest BCUT2D eigenvalue weighted by atomic mass is 16.5. The van der Waals surface area contributed by atoms with Gasteiger partial charge in [-0.3, -0.25) is 9.59 Å². The van der Waals surface area contributed by atoms with Crippen LogP contribution in [0.1, 0.15) is 43.4 Å². The van der Waals surface area contributed by atoms with Gasteiger partial charge >= 0.3 is 0 Å². The summed E-state index contributed by atoms with van der Waals surface area (Å²) in [5, 5.41) is 4.20. The maximum Gasteiger partial charge on any atom is 0.280 e. The molecular weight excluding hydrogens is 366 g/mol. The average molecular weight is 393 g/mol. The number of nitrogens with zero attached hydrogens (tertiary/aromatic N) is 2. The lowest BCUT2D eigenvalue weighted by Crippen LogP contribution is -2.34. The molecule has 6 nitrogen and oxygen atoms in total. The second-order valence-electron chi connectivity index (χ2n) is 7.33. The molecule has 2 amide bonds. The standard InChI is InChI=1S/C23H27N3O3/c1-15-7-5-8-21(16(15)2)29-18(4)23(28)25-24-17(3)19-10-12-20(13-11-19)26-14-6-9-22(26)27/h5,7-8,10-13,18H,6,9,14H2,1-4H3,(H,25,28)/b24-17-/t18-/m1/s1. The summed E-state index contributed by atoms with van der Waals surface area (Å²) in [6.45, 7) is 8.26. The van der Waals surface area contributed by atoms with Gasteiger partial charge in [-0.2, -0.15) is 5.10 Å². The van der Waals surface area contributed by atoms with Gasteiger partial charge in [-0.25, -0.2) is 5.43 Å². The van der Waals surface area contributed by atoms with Crippen molar-refractivity contribution in [3.8, 4) is 5.75 Å². The van der Waals surface area contributed by atoms with Crippen LogP contribution in [0.3, 0.4) is 0 Å². The molecule has 1 fully saturated rings. The summed E-state index contributed by atoms with van der Waals surface area (Å²) in [4.78, 5) is 26.0. The minimum Gasteiger partial charge on any atom is -0.481 e. The van der Waals surface area contributed by atoms with Crippen LogP contribution in [-0.4, -0.2) is 30.2 Å². The number of aryl methyl sites for hydroxylation is 1. The van der Waals surface area contributed by atoms with Crippen molar-refractivity contribution in [2.75, 3.05) is 11.4 Å². The third-order valence-corrected chi connectivity index (χ3v) is 5.23. The lowest BCUT2D eigenvalue weighted by Gasteiger charge is -2.16. The summed E-state index contributed by atoms with van der Waals surface area (Å²) in [6, 6.07) is 13.4. The van der Waals surface area contributed by atoms with Crippen LogP contribution in [0.5, 0.6) is 5.75 Å². The molecule has 0 bridgehead atoms. The van der Waals surface area contributed by atoms with Gasteiger partial charge in [0.1, 0.15) is 5.75 Å². The fourth-order valence-corrected chi connectivity index (χ4v) is 3.19. The summed E-state index contributed by atoms with van der Waals surface area (Å²) < 4.78 is 5.79. The first kappa shape index (κ1) is 20.6. The number of anilines is 1. The van der Waals surface area contributed by atoms with E-state index in [2.05, 4.69) is 10.5 Å². The Kier molecular flexibility index (Phi) is 6.32. The molecule has 29 heavy (non-hydrogen) atoms. The molecule has 0 radical (unpaired) electrons. The van der Waals surface area contributed by atoms with E-state index in [9.17, 15) is 9.59 Å². The van der Waals surface area contributed by atoms with Crippen molar-refractivity contribution in [2.45, 2.75) is 46.6 Å². The first-order chi connectivity index (χ1) is 13.9. The lowest BCUT2D eigenvalue weighted by atomic mass is 10.1. The average Bonchev–Trinajstić information content (AvgIpc) is 3.15. The van der Waals surface area contributed by atoms with Crippen molar-refractivity contribution in [3.63, 3.8) is 0 Å². The highest BCUT2D eigenvalue weighted by molar-refractivity contribution is 6.00. The van der Waals surface area contributed by atoms with E-state index >= 15 is 0 Å². The fourth-order valence-electron chi connectivity index (χ4n) is 3.19. The Labute approximate surface area is 171 Å². The van der Waals surface area contributed by atoms with E-state index in [1.165, 1.54) is 0 Å². The number of amides is 2. The summed E-state index contributed by atoms with van der Waals surface area (Å²) in [6.07, 6.45) is 0.835. The smallest absolute Gasteiger partial charge is 0.280 e. The molecule has 1 saturated heterocycles. The summed E-state index contributed by atoms with van der Waals surface area (Å²) >= 11 is 0. The predicted molar refractivity (Wildman–Crippen MR) is 114 cm³/mol. The summed E-state index contributed by atoms with van der Waals surface area (Å²) in [5.41, 5.74) is 7.15. The zero-order chi connectivity index (χ0) is 21.0. The van der Waals surface area contributed by atoms with E-state index in [0.29, 0.717) is 17.9 Å². The topological polar surface area (TPSA) is 71.0 Å². The van der Waals surface area contributed by atoms with E-state index < -0.39 is 6.10 Å². The van der Waals surface area contributed by atoms with Crippen LogP contribution < -0.4 is 15.1 Å². The van der Waals surface area contributed by atoms with Gasteiger partial charge in [0.2, 0.25) is 5.91 Å². The Hall–Kier alpha value is -3.15. The van der Waals surface area contributed by atoms with Crippen molar-refractivity contribution in [1.29, 1.82) is 0 Å². The number of carbonyl (C=O) groups is 2. The number of nitrogens with one attached hydrogen (secondary N) is 1. The minimum absolute atomic E-state index is 0.160. The zero-order valence-electron chi connectivity index (χ0n) is 17.4. The van der Waals surface area contributed by atoms with Crippen molar-refractivity contribution in [1.82, 2.24) is 5.43 Å². The Bertz CT molecular complexity index is 935. The normalized spacial score (nSPS) is 15.4. The van der Waals surface area contributed by atoms with Gasteiger partial charge in [-0.15, -0.1) is 0 Å². The van der Waals surface area contributed by atoms with Gasteiger partial charge in [0, 0.05) is 18.7 Å². The molecule has 2 aromatic carbocycles. The first-order valence-electron chi connectivity index (χ1n) is 9.84. The molecule has 0 unspecified atom stereocenters. The van der Waals surface area contributed by atoms with Crippen molar-refractivity contribution >= 4 is 23.2 Å². The number of carbonyl (C=O) groups excluding carboxylic acids is 2. The number of hydrogen-bond donors (Lipinski definition) is 1. The molecule has 3 rings (SSSR count). The van der Waals surface area contributed by atoms with Crippen molar-refractivity contribution in [3.05, 3.63) is 59.2 Å². The minimum atomic E-state index is -0.671. The number of hydrogen-bond acceptors (Lipinski definition) is 4. The number of ether oxygens (including phenoxy) is 1. The molecule has 1 heterocycles. The molecule has 152 valence electrons. The second-order valence-corrected chi connectivity index (χ2v) is 7.33. The molecule has 6 heteroatoms. The molecule has 1 aliphatic heterocycles. The highest BCUT2D eigenvalue weighted by Crippen LogP contribution is 2.22. The van der Waals surface area contributed by atoms with Crippen LogP contribution in [0.15, 0.2) is 47.6 Å². The Morgan fingerprint density at radius 2 is 1.90 bits per heavy atom. The molecule has 1 aliphatic rings. The zero-order valence-corrected chi connectivity index (χ0v) is 17.4. The summed E-state index contributed by atoms with van der Waals surface area (Å²) in [5.74, 6) is 0.540. The largest absolute Gasteiger partial charge is 0.481 e. The fraction of sp³-hybridized carbons (Fsp3) is 0.348. The van der Waals surface area contributed by atoms with E-state index in [-0.39, 0.29) is 11.8 Å². The van der Waals surface area contributed by atoms with E-state index in [1.54, 1.807) is 11.8 Å². The van der Waals surface area contributed by atoms with Crippen molar-refractivity contribution < 1.29 is 14.3 Å². The van der Waals surface area contributed by atoms with Crippen molar-refractivity contribution in [2.24, 2.45) is 5.10 Å². The number of hydrazone groups is 1.